The van der Waals surface area contributed by atoms with Crippen molar-refractivity contribution in [2.45, 2.75) is 12.8 Å². The number of hydrogen-bond donors (Lipinski definition) is 1. The first-order chi connectivity index (χ1) is 4.47. The Hall–Kier alpha value is -0.760. The van der Waals surface area contributed by atoms with Crippen molar-refractivity contribution in [3.63, 3.8) is 0 Å². The van der Waals surface area contributed by atoms with Crippen LogP contribution >= 0.6 is 0 Å². The number of nitrogens with one attached hydrogen (secondary N) is 1. The molecule has 0 atom stereocenters. The largest absolute Gasteiger partial charge is 0.272 e. The van der Waals surface area contributed by atoms with E-state index >= 15 is 0 Å². The summed E-state index contributed by atoms with van der Waals surface area (Å²) in [4.78, 5) is 5.02. The van der Waals surface area contributed by atoms with Gasteiger partial charge in [0.1, 0.15) is 0 Å². The molecule has 1 heterocycles. The molecule has 0 saturated heterocycles. The fourth-order valence-corrected chi connectivity index (χ4v) is 1.17. The van der Waals surface area contributed by atoms with Crippen molar-refractivity contribution in [3.05, 3.63) is 23.4 Å². The molecule has 0 radical (unpaired) electrons. The van der Waals surface area contributed by atoms with Gasteiger partial charge < -0.3 is 0 Å². The highest BCUT2D eigenvalue weighted by molar-refractivity contribution is 5.29. The van der Waals surface area contributed by atoms with Gasteiger partial charge in [-0.25, -0.2) is 0 Å². The zero-order valence-corrected chi connectivity index (χ0v) is 5.18. The van der Waals surface area contributed by atoms with Crippen molar-refractivity contribution in [1.29, 1.82) is 0 Å². The number of allylic oxidation sites excluding steroid dienone is 2. The third kappa shape index (κ3) is 0.754. The molecule has 0 spiro atoms. The van der Waals surface area contributed by atoms with Crippen LogP contribution in [0.15, 0.2) is 23.4 Å². The summed E-state index contributed by atoms with van der Waals surface area (Å²) in [6.45, 7) is 0.777. The highest BCUT2D eigenvalue weighted by Gasteiger charge is 2.13. The van der Waals surface area contributed by atoms with Crippen LogP contribution < -0.4 is 5.48 Å². The predicted octanol–water partition coefficient (Wildman–Crippen LogP) is 1.13. The van der Waals surface area contributed by atoms with Gasteiger partial charge in [0.05, 0.1) is 12.3 Å². The second-order valence-electron chi connectivity index (χ2n) is 2.35. The summed E-state index contributed by atoms with van der Waals surface area (Å²) in [5.74, 6) is 0. The fourth-order valence-electron chi connectivity index (χ4n) is 1.17. The molecule has 0 unspecified atom stereocenters. The average Bonchev–Trinajstić information content (AvgIpc) is 2.33. The van der Waals surface area contributed by atoms with E-state index in [-0.39, 0.29) is 0 Å². The third-order valence-corrected chi connectivity index (χ3v) is 1.71. The van der Waals surface area contributed by atoms with Crippen LogP contribution in [0, 0.1) is 0 Å². The van der Waals surface area contributed by atoms with Gasteiger partial charge in [0, 0.05) is 0 Å². The van der Waals surface area contributed by atoms with E-state index < -0.39 is 0 Å². The molecule has 0 amide bonds. The van der Waals surface area contributed by atoms with Crippen LogP contribution in [0.3, 0.4) is 0 Å². The molecule has 48 valence electrons. The van der Waals surface area contributed by atoms with Crippen LogP contribution in [0.25, 0.3) is 0 Å². The summed E-state index contributed by atoms with van der Waals surface area (Å²) in [5.41, 5.74) is 5.45. The summed E-state index contributed by atoms with van der Waals surface area (Å²) in [5, 5.41) is 0. The van der Waals surface area contributed by atoms with Gasteiger partial charge in [-0.15, -0.1) is 0 Å². The van der Waals surface area contributed by atoms with E-state index in [0.717, 1.165) is 6.61 Å². The lowest BCUT2D eigenvalue weighted by molar-refractivity contribution is 0.108. The first-order valence-corrected chi connectivity index (χ1v) is 3.23. The predicted molar refractivity (Wildman–Crippen MR) is 34.5 cm³/mol. The standard InChI is InChI=1S/C7H9NO/c1-2-4-7-6(3-1)5-9-8-7/h2,4,8H,1,3,5H2. The van der Waals surface area contributed by atoms with Gasteiger partial charge in [0.2, 0.25) is 0 Å². The van der Waals surface area contributed by atoms with Gasteiger partial charge in [0.15, 0.2) is 0 Å². The molecule has 0 aromatic rings. The summed E-state index contributed by atoms with van der Waals surface area (Å²) < 4.78 is 0. The van der Waals surface area contributed by atoms with E-state index in [0.29, 0.717) is 0 Å². The van der Waals surface area contributed by atoms with E-state index in [1.54, 1.807) is 0 Å². The van der Waals surface area contributed by atoms with Crippen LogP contribution in [-0.2, 0) is 4.84 Å². The van der Waals surface area contributed by atoms with E-state index in [9.17, 15) is 0 Å². The summed E-state index contributed by atoms with van der Waals surface area (Å²) in [6.07, 6.45) is 6.59. The molecule has 1 N–H and O–H groups in total. The summed E-state index contributed by atoms with van der Waals surface area (Å²) in [6, 6.07) is 0. The second-order valence-corrected chi connectivity index (χ2v) is 2.35. The molecule has 0 aromatic carbocycles. The van der Waals surface area contributed by atoms with E-state index in [2.05, 4.69) is 17.6 Å². The summed E-state index contributed by atoms with van der Waals surface area (Å²) in [7, 11) is 0. The number of rotatable bonds is 0. The van der Waals surface area contributed by atoms with Gasteiger partial charge in [-0.05, 0) is 24.5 Å². The highest BCUT2D eigenvalue weighted by Crippen LogP contribution is 2.20. The quantitative estimate of drug-likeness (QED) is 0.521. The van der Waals surface area contributed by atoms with Gasteiger partial charge in [-0.2, -0.15) is 0 Å². The normalized spacial score (nSPS) is 24.0. The number of hydrogen-bond acceptors (Lipinski definition) is 2. The van der Waals surface area contributed by atoms with Crippen LogP contribution in [-0.4, -0.2) is 6.61 Å². The topological polar surface area (TPSA) is 21.3 Å². The maximum atomic E-state index is 5.02. The number of hydroxylamine groups is 1. The van der Waals surface area contributed by atoms with Gasteiger partial charge >= 0.3 is 0 Å². The van der Waals surface area contributed by atoms with Crippen LogP contribution in [0.1, 0.15) is 12.8 Å². The van der Waals surface area contributed by atoms with Gasteiger partial charge in [-0.1, -0.05) is 6.08 Å². The van der Waals surface area contributed by atoms with Crippen LogP contribution in [0.2, 0.25) is 0 Å². The van der Waals surface area contributed by atoms with Crippen molar-refractivity contribution in [3.8, 4) is 0 Å². The fraction of sp³-hybridized carbons (Fsp3) is 0.429. The Morgan fingerprint density at radius 1 is 1.56 bits per heavy atom. The molecule has 2 nitrogen and oxygen atoms in total. The molecular weight excluding hydrogens is 114 g/mol. The lowest BCUT2D eigenvalue weighted by Crippen LogP contribution is -2.03. The SMILES string of the molecule is C1=CC2=C(CC1)CON2. The Bertz CT molecular complexity index is 181. The molecule has 1 aliphatic heterocycles. The Kier molecular flexibility index (Phi) is 1.06. The van der Waals surface area contributed by atoms with E-state index in [4.69, 9.17) is 4.84 Å². The molecule has 0 saturated carbocycles. The molecule has 9 heavy (non-hydrogen) atoms. The second kappa shape index (κ2) is 1.88. The lowest BCUT2D eigenvalue weighted by atomic mass is 10.0. The van der Waals surface area contributed by atoms with Crippen molar-refractivity contribution in [2.75, 3.05) is 6.61 Å². The lowest BCUT2D eigenvalue weighted by Gasteiger charge is -2.03. The van der Waals surface area contributed by atoms with Gasteiger partial charge in [-0.3, -0.25) is 10.3 Å². The molecule has 0 fully saturated rings. The molecule has 2 rings (SSSR count). The highest BCUT2D eigenvalue weighted by atomic mass is 16.6. The van der Waals surface area contributed by atoms with Gasteiger partial charge in [0.25, 0.3) is 0 Å². The Labute approximate surface area is 54.2 Å². The molecular formula is C7H9NO. The van der Waals surface area contributed by atoms with Crippen molar-refractivity contribution in [2.24, 2.45) is 0 Å². The summed E-state index contributed by atoms with van der Waals surface area (Å²) >= 11 is 0. The van der Waals surface area contributed by atoms with Crippen molar-refractivity contribution >= 4 is 0 Å². The minimum atomic E-state index is 0.777. The molecule has 2 aliphatic rings. The zero-order chi connectivity index (χ0) is 6.10. The molecule has 0 aromatic heterocycles. The maximum absolute atomic E-state index is 5.02. The third-order valence-electron chi connectivity index (χ3n) is 1.71. The van der Waals surface area contributed by atoms with Crippen LogP contribution in [0.5, 0.6) is 0 Å². The Balaban J connectivity index is 2.28. The first-order valence-electron chi connectivity index (χ1n) is 3.23. The Morgan fingerprint density at radius 3 is 3.44 bits per heavy atom. The van der Waals surface area contributed by atoms with Crippen molar-refractivity contribution < 1.29 is 4.84 Å². The van der Waals surface area contributed by atoms with E-state index in [1.807, 2.05) is 0 Å². The average molecular weight is 123 g/mol. The zero-order valence-electron chi connectivity index (χ0n) is 5.18. The minimum Gasteiger partial charge on any atom is -0.272 e. The van der Waals surface area contributed by atoms with Crippen molar-refractivity contribution in [1.82, 2.24) is 5.48 Å². The smallest absolute Gasteiger partial charge is 0.0980 e. The van der Waals surface area contributed by atoms with Crippen LogP contribution in [0.4, 0.5) is 0 Å². The molecule has 1 aliphatic carbocycles. The first kappa shape index (κ1) is 5.06. The molecule has 2 heteroatoms. The minimum absolute atomic E-state index is 0.777. The molecule has 0 bridgehead atoms. The Morgan fingerprint density at radius 2 is 2.56 bits per heavy atom. The maximum Gasteiger partial charge on any atom is 0.0980 e. The monoisotopic (exact) mass is 123 g/mol. The van der Waals surface area contributed by atoms with E-state index in [1.165, 1.54) is 24.1 Å².